The van der Waals surface area contributed by atoms with E-state index in [1.54, 1.807) is 30.3 Å². The number of sulfonamides is 1. The maximum Gasteiger partial charge on any atom is 0.243 e. The van der Waals surface area contributed by atoms with Gasteiger partial charge < -0.3 is 5.32 Å². The summed E-state index contributed by atoms with van der Waals surface area (Å²) in [6.07, 6.45) is 5.83. The third-order valence-corrected chi connectivity index (χ3v) is 6.89. The average Bonchev–Trinajstić information content (AvgIpc) is 2.66. The topological polar surface area (TPSA) is 69.7 Å². The fraction of sp³-hybridized carbons (Fsp3) is 0.650. The van der Waals surface area contributed by atoms with Crippen LogP contribution in [0, 0.1) is 0 Å². The number of amides is 1. The summed E-state index contributed by atoms with van der Waals surface area (Å²) in [7, 11) is -3.44. The predicted molar refractivity (Wildman–Crippen MR) is 108 cm³/mol. The van der Waals surface area contributed by atoms with Gasteiger partial charge in [0.15, 0.2) is 0 Å². The van der Waals surface area contributed by atoms with Crippen LogP contribution in [0.4, 0.5) is 0 Å². The number of benzene rings is 1. The fourth-order valence-electron chi connectivity index (χ4n) is 3.34. The van der Waals surface area contributed by atoms with E-state index in [2.05, 4.69) is 12.2 Å². The minimum atomic E-state index is -3.44. The molecule has 1 aliphatic heterocycles. The van der Waals surface area contributed by atoms with E-state index in [0.29, 0.717) is 37.6 Å². The van der Waals surface area contributed by atoms with Gasteiger partial charge in [-0.1, -0.05) is 50.8 Å². The van der Waals surface area contributed by atoms with Crippen LogP contribution < -0.4 is 5.32 Å². The molecular weight excluding hydrogens is 362 g/mol. The first-order valence-electron chi connectivity index (χ1n) is 10.0. The van der Waals surface area contributed by atoms with Crippen molar-refractivity contribution in [2.24, 2.45) is 0 Å². The molecule has 0 saturated carbocycles. The van der Waals surface area contributed by atoms with Gasteiger partial charge in [0.1, 0.15) is 0 Å². The van der Waals surface area contributed by atoms with E-state index in [4.69, 9.17) is 0 Å². The zero-order chi connectivity index (χ0) is 19.7. The van der Waals surface area contributed by atoms with Gasteiger partial charge in [-0.3, -0.25) is 9.69 Å². The lowest BCUT2D eigenvalue weighted by molar-refractivity contribution is -0.123. The van der Waals surface area contributed by atoms with Crippen LogP contribution in [0.2, 0.25) is 0 Å². The molecule has 0 bridgehead atoms. The molecule has 0 unspecified atom stereocenters. The summed E-state index contributed by atoms with van der Waals surface area (Å²) in [6.45, 7) is 6.55. The van der Waals surface area contributed by atoms with Gasteiger partial charge in [0.25, 0.3) is 0 Å². The predicted octanol–water partition coefficient (Wildman–Crippen LogP) is 2.47. The molecule has 1 heterocycles. The van der Waals surface area contributed by atoms with Gasteiger partial charge in [-0.25, -0.2) is 8.42 Å². The highest BCUT2D eigenvalue weighted by atomic mass is 32.2. The minimum absolute atomic E-state index is 0.0253. The Balaban J connectivity index is 1.73. The summed E-state index contributed by atoms with van der Waals surface area (Å²) < 4.78 is 26.8. The number of carbonyl (C=O) groups excluding carboxylic acids is 1. The van der Waals surface area contributed by atoms with Crippen LogP contribution in [-0.4, -0.2) is 62.3 Å². The van der Waals surface area contributed by atoms with Gasteiger partial charge in [-0.2, -0.15) is 4.31 Å². The van der Waals surface area contributed by atoms with E-state index in [-0.39, 0.29) is 11.9 Å². The maximum atomic E-state index is 12.6. The molecule has 2 rings (SSSR count). The van der Waals surface area contributed by atoms with Crippen LogP contribution in [0.3, 0.4) is 0 Å². The summed E-state index contributed by atoms with van der Waals surface area (Å²) in [5.74, 6) is 0.0253. The largest absolute Gasteiger partial charge is 0.353 e. The smallest absolute Gasteiger partial charge is 0.243 e. The second-order valence-corrected chi connectivity index (χ2v) is 9.25. The highest BCUT2D eigenvalue weighted by molar-refractivity contribution is 7.89. The number of nitrogens with one attached hydrogen (secondary N) is 1. The third-order valence-electron chi connectivity index (χ3n) is 4.98. The first-order valence-corrected chi connectivity index (χ1v) is 11.4. The lowest BCUT2D eigenvalue weighted by Gasteiger charge is -2.33. The molecule has 0 spiro atoms. The highest BCUT2D eigenvalue weighted by Crippen LogP contribution is 2.17. The lowest BCUT2D eigenvalue weighted by Crippen LogP contribution is -2.51. The van der Waals surface area contributed by atoms with Gasteiger partial charge in [0.05, 0.1) is 11.4 Å². The highest BCUT2D eigenvalue weighted by Gasteiger charge is 2.28. The number of unbranched alkanes of at least 4 members (excludes halogenated alkanes) is 3. The van der Waals surface area contributed by atoms with Crippen LogP contribution >= 0.6 is 0 Å². The summed E-state index contributed by atoms with van der Waals surface area (Å²) >= 11 is 0. The molecule has 0 aromatic heterocycles. The molecule has 1 aromatic rings. The molecule has 6 nitrogen and oxygen atoms in total. The van der Waals surface area contributed by atoms with E-state index in [1.807, 2.05) is 11.8 Å². The van der Waals surface area contributed by atoms with E-state index in [0.717, 1.165) is 12.8 Å². The second kappa shape index (κ2) is 10.8. The molecule has 1 N–H and O–H groups in total. The minimum Gasteiger partial charge on any atom is -0.353 e. The van der Waals surface area contributed by atoms with Gasteiger partial charge in [-0.05, 0) is 25.5 Å². The molecule has 0 aliphatic carbocycles. The number of hydrogen-bond donors (Lipinski definition) is 1. The Morgan fingerprint density at radius 3 is 2.37 bits per heavy atom. The first-order chi connectivity index (χ1) is 12.9. The molecule has 27 heavy (non-hydrogen) atoms. The summed E-state index contributed by atoms with van der Waals surface area (Å²) in [4.78, 5) is 14.6. The molecule has 1 aromatic carbocycles. The Bertz CT molecular complexity index is 671. The molecule has 0 radical (unpaired) electrons. The quantitative estimate of drug-likeness (QED) is 0.618. The van der Waals surface area contributed by atoms with Crippen molar-refractivity contribution in [2.75, 3.05) is 32.7 Å². The van der Waals surface area contributed by atoms with E-state index in [9.17, 15) is 13.2 Å². The van der Waals surface area contributed by atoms with Gasteiger partial charge >= 0.3 is 0 Å². The Hall–Kier alpha value is -1.44. The molecule has 1 aliphatic rings. The second-order valence-electron chi connectivity index (χ2n) is 7.31. The number of piperazine rings is 1. The standard InChI is InChI=1S/C20H33N3O3S/c1-3-4-5-7-10-18(2)21-20(24)17-22-13-15-23(16-14-22)27(25,26)19-11-8-6-9-12-19/h6,8-9,11-12,18H,3-5,7,10,13-17H2,1-2H3,(H,21,24)/t18-/m0/s1. The number of carbonyl (C=O) groups is 1. The van der Waals surface area contributed by atoms with Crippen LogP contribution in [0.25, 0.3) is 0 Å². The monoisotopic (exact) mass is 395 g/mol. The third kappa shape index (κ3) is 6.90. The number of hydrogen-bond acceptors (Lipinski definition) is 4. The van der Waals surface area contributed by atoms with Gasteiger partial charge in [0.2, 0.25) is 15.9 Å². The molecule has 1 saturated heterocycles. The van der Waals surface area contributed by atoms with E-state index in [1.165, 1.54) is 23.6 Å². The van der Waals surface area contributed by atoms with Crippen LogP contribution in [-0.2, 0) is 14.8 Å². The fourth-order valence-corrected chi connectivity index (χ4v) is 4.79. The Kier molecular flexibility index (Phi) is 8.73. The van der Waals surface area contributed by atoms with Gasteiger partial charge in [0, 0.05) is 32.2 Å². The van der Waals surface area contributed by atoms with E-state index >= 15 is 0 Å². The maximum absolute atomic E-state index is 12.6. The number of rotatable bonds is 10. The van der Waals surface area contributed by atoms with E-state index < -0.39 is 10.0 Å². The van der Waals surface area contributed by atoms with Crippen LogP contribution in [0.5, 0.6) is 0 Å². The zero-order valence-electron chi connectivity index (χ0n) is 16.6. The van der Waals surface area contributed by atoms with Crippen molar-refractivity contribution in [3.05, 3.63) is 30.3 Å². The molecule has 152 valence electrons. The van der Waals surface area contributed by atoms with Gasteiger partial charge in [-0.15, -0.1) is 0 Å². The van der Waals surface area contributed by atoms with Crippen molar-refractivity contribution < 1.29 is 13.2 Å². The SMILES string of the molecule is CCCCCC[C@H](C)NC(=O)CN1CCN(S(=O)(=O)c2ccccc2)CC1. The molecule has 1 amide bonds. The van der Waals surface area contributed by atoms with Crippen molar-refractivity contribution >= 4 is 15.9 Å². The van der Waals surface area contributed by atoms with Crippen molar-refractivity contribution in [1.29, 1.82) is 0 Å². The summed E-state index contributed by atoms with van der Waals surface area (Å²) in [5.41, 5.74) is 0. The first kappa shape index (κ1) is 21.9. The average molecular weight is 396 g/mol. The number of nitrogens with zero attached hydrogens (tertiary/aromatic N) is 2. The Morgan fingerprint density at radius 2 is 1.74 bits per heavy atom. The van der Waals surface area contributed by atoms with Crippen molar-refractivity contribution in [2.45, 2.75) is 56.9 Å². The van der Waals surface area contributed by atoms with Crippen LogP contribution in [0.15, 0.2) is 35.2 Å². The van der Waals surface area contributed by atoms with Crippen LogP contribution in [0.1, 0.15) is 46.0 Å². The molecule has 1 fully saturated rings. The van der Waals surface area contributed by atoms with Crippen molar-refractivity contribution in [1.82, 2.24) is 14.5 Å². The molecule has 7 heteroatoms. The lowest BCUT2D eigenvalue weighted by atomic mass is 10.1. The molecular formula is C20H33N3O3S. The Morgan fingerprint density at radius 1 is 1.07 bits per heavy atom. The Labute approximate surface area is 164 Å². The summed E-state index contributed by atoms with van der Waals surface area (Å²) in [6, 6.07) is 8.71. The molecule has 1 atom stereocenters. The van der Waals surface area contributed by atoms with Crippen molar-refractivity contribution in [3.8, 4) is 0 Å². The normalized spacial score (nSPS) is 17.6. The summed E-state index contributed by atoms with van der Waals surface area (Å²) in [5, 5.41) is 3.06. The zero-order valence-corrected chi connectivity index (χ0v) is 17.4. The van der Waals surface area contributed by atoms with Crippen molar-refractivity contribution in [3.63, 3.8) is 0 Å².